The molecule has 1 aliphatic rings. The first-order valence-corrected chi connectivity index (χ1v) is 7.99. The molecule has 122 valence electrons. The summed E-state index contributed by atoms with van der Waals surface area (Å²) in [7, 11) is 0. The van der Waals surface area contributed by atoms with E-state index in [1.165, 1.54) is 6.07 Å². The Morgan fingerprint density at radius 1 is 1.35 bits per heavy atom. The lowest BCUT2D eigenvalue weighted by atomic mass is 10.2. The van der Waals surface area contributed by atoms with Crippen molar-refractivity contribution in [1.82, 2.24) is 20.0 Å². The van der Waals surface area contributed by atoms with Crippen molar-refractivity contribution in [2.45, 2.75) is 45.6 Å². The van der Waals surface area contributed by atoms with Crippen LogP contribution >= 0.6 is 0 Å². The summed E-state index contributed by atoms with van der Waals surface area (Å²) in [4.78, 5) is 33.4. The van der Waals surface area contributed by atoms with Gasteiger partial charge in [-0.2, -0.15) is 0 Å². The molecule has 1 atom stereocenters. The topological polar surface area (TPSA) is 92.1 Å². The van der Waals surface area contributed by atoms with Crippen LogP contribution in [-0.4, -0.2) is 32.5 Å². The van der Waals surface area contributed by atoms with Gasteiger partial charge in [0.2, 0.25) is 5.76 Å². The lowest BCUT2D eigenvalue weighted by Gasteiger charge is -2.22. The molecule has 0 spiro atoms. The molecule has 1 fully saturated rings. The van der Waals surface area contributed by atoms with Crippen molar-refractivity contribution in [2.24, 2.45) is 0 Å². The molecule has 0 radical (unpaired) electrons. The van der Waals surface area contributed by atoms with Crippen molar-refractivity contribution >= 4 is 5.91 Å². The van der Waals surface area contributed by atoms with Crippen molar-refractivity contribution in [3.63, 3.8) is 0 Å². The average molecular weight is 316 g/mol. The van der Waals surface area contributed by atoms with Gasteiger partial charge in [0, 0.05) is 24.4 Å². The highest BCUT2D eigenvalue weighted by Gasteiger charge is 2.34. The highest BCUT2D eigenvalue weighted by molar-refractivity contribution is 5.91. The maximum atomic E-state index is 12.7. The number of nitrogens with zero attached hydrogens (tertiary/aromatic N) is 3. The quantitative estimate of drug-likeness (QED) is 0.929. The molecular weight excluding hydrogens is 296 g/mol. The van der Waals surface area contributed by atoms with Crippen molar-refractivity contribution in [2.75, 3.05) is 6.54 Å². The SMILES string of the molecule is CCc1cc(C(=O)N2CCC[C@@H]2c2nc(CC)cc(=O)[nH]2)on1. The fraction of sp³-hybridized carbons (Fsp3) is 0.500. The Morgan fingerprint density at radius 2 is 2.13 bits per heavy atom. The Hall–Kier alpha value is -2.44. The third-order valence-electron chi connectivity index (χ3n) is 4.14. The number of likely N-dealkylation sites (tertiary alicyclic amines) is 1. The first-order valence-electron chi connectivity index (χ1n) is 7.99. The van der Waals surface area contributed by atoms with Gasteiger partial charge in [-0.1, -0.05) is 19.0 Å². The number of amides is 1. The third kappa shape index (κ3) is 3.04. The van der Waals surface area contributed by atoms with E-state index in [2.05, 4.69) is 15.1 Å². The number of rotatable bonds is 4. The molecule has 7 nitrogen and oxygen atoms in total. The number of carbonyl (C=O) groups excluding carboxylic acids is 1. The number of nitrogens with one attached hydrogen (secondary N) is 1. The zero-order valence-corrected chi connectivity index (χ0v) is 13.3. The molecule has 1 saturated heterocycles. The molecule has 0 aliphatic carbocycles. The van der Waals surface area contributed by atoms with Gasteiger partial charge in [-0.05, 0) is 25.7 Å². The summed E-state index contributed by atoms with van der Waals surface area (Å²) in [5, 5.41) is 3.87. The molecule has 3 rings (SSSR count). The molecule has 2 aromatic heterocycles. The molecule has 0 unspecified atom stereocenters. The molecule has 3 heterocycles. The minimum atomic E-state index is -0.225. The summed E-state index contributed by atoms with van der Waals surface area (Å²) in [6.07, 6.45) is 3.04. The number of hydrogen-bond acceptors (Lipinski definition) is 5. The number of aryl methyl sites for hydroxylation is 2. The number of aromatic nitrogens is 3. The molecule has 0 saturated carbocycles. The molecule has 0 bridgehead atoms. The van der Waals surface area contributed by atoms with E-state index < -0.39 is 0 Å². The Balaban J connectivity index is 1.89. The fourth-order valence-corrected chi connectivity index (χ4v) is 2.88. The number of H-pyrrole nitrogens is 1. The van der Waals surface area contributed by atoms with Crippen LogP contribution in [0.2, 0.25) is 0 Å². The van der Waals surface area contributed by atoms with Gasteiger partial charge in [0.15, 0.2) is 0 Å². The van der Waals surface area contributed by atoms with E-state index in [4.69, 9.17) is 4.52 Å². The Morgan fingerprint density at radius 3 is 2.83 bits per heavy atom. The first-order chi connectivity index (χ1) is 11.1. The van der Waals surface area contributed by atoms with Crippen molar-refractivity contribution in [3.05, 3.63) is 45.5 Å². The molecule has 1 N–H and O–H groups in total. The molecular formula is C16H20N4O3. The zero-order chi connectivity index (χ0) is 16.4. The summed E-state index contributed by atoms with van der Waals surface area (Å²) in [6, 6.07) is 2.95. The van der Waals surface area contributed by atoms with Crippen molar-refractivity contribution in [3.8, 4) is 0 Å². The highest BCUT2D eigenvalue weighted by Crippen LogP contribution is 2.31. The monoisotopic (exact) mass is 316 g/mol. The van der Waals surface area contributed by atoms with E-state index in [9.17, 15) is 9.59 Å². The third-order valence-corrected chi connectivity index (χ3v) is 4.14. The predicted octanol–water partition coefficient (Wildman–Crippen LogP) is 1.86. The van der Waals surface area contributed by atoms with Crippen LogP contribution in [0.15, 0.2) is 21.5 Å². The van der Waals surface area contributed by atoms with Gasteiger partial charge in [0.1, 0.15) is 5.82 Å². The number of hydrogen-bond donors (Lipinski definition) is 1. The second kappa shape index (κ2) is 6.36. The lowest BCUT2D eigenvalue weighted by molar-refractivity contribution is 0.0687. The molecule has 2 aromatic rings. The second-order valence-corrected chi connectivity index (χ2v) is 5.67. The molecule has 7 heteroatoms. The van der Waals surface area contributed by atoms with E-state index in [1.807, 2.05) is 13.8 Å². The average Bonchev–Trinajstić information content (AvgIpc) is 3.22. The van der Waals surface area contributed by atoms with Crippen LogP contribution in [-0.2, 0) is 12.8 Å². The van der Waals surface area contributed by atoms with Crippen LogP contribution in [0.5, 0.6) is 0 Å². The van der Waals surface area contributed by atoms with Crippen LogP contribution in [0.25, 0.3) is 0 Å². The van der Waals surface area contributed by atoms with Gasteiger partial charge in [0.05, 0.1) is 11.7 Å². The van der Waals surface area contributed by atoms with Gasteiger partial charge in [-0.15, -0.1) is 0 Å². The lowest BCUT2D eigenvalue weighted by Crippen LogP contribution is -2.32. The second-order valence-electron chi connectivity index (χ2n) is 5.67. The minimum Gasteiger partial charge on any atom is -0.351 e. The summed E-state index contributed by atoms with van der Waals surface area (Å²) in [5.41, 5.74) is 1.30. The van der Waals surface area contributed by atoms with Crippen molar-refractivity contribution in [1.29, 1.82) is 0 Å². The van der Waals surface area contributed by atoms with Crippen LogP contribution in [0, 0.1) is 0 Å². The van der Waals surface area contributed by atoms with Crippen LogP contribution < -0.4 is 5.56 Å². The van der Waals surface area contributed by atoms with Gasteiger partial charge in [0.25, 0.3) is 11.5 Å². The van der Waals surface area contributed by atoms with E-state index in [0.29, 0.717) is 25.2 Å². The van der Waals surface area contributed by atoms with Crippen LogP contribution in [0.4, 0.5) is 0 Å². The van der Waals surface area contributed by atoms with Gasteiger partial charge < -0.3 is 14.4 Å². The number of carbonyl (C=O) groups is 1. The van der Waals surface area contributed by atoms with E-state index in [0.717, 1.165) is 24.2 Å². The summed E-state index contributed by atoms with van der Waals surface area (Å²) < 4.78 is 5.15. The molecule has 1 aliphatic heterocycles. The van der Waals surface area contributed by atoms with Gasteiger partial charge in [-0.25, -0.2) is 4.98 Å². The maximum Gasteiger partial charge on any atom is 0.293 e. The smallest absolute Gasteiger partial charge is 0.293 e. The summed E-state index contributed by atoms with van der Waals surface area (Å²) in [5.74, 6) is 0.586. The Bertz CT molecular complexity index is 765. The summed E-state index contributed by atoms with van der Waals surface area (Å²) in [6.45, 7) is 4.52. The fourth-order valence-electron chi connectivity index (χ4n) is 2.88. The van der Waals surface area contributed by atoms with Crippen LogP contribution in [0.3, 0.4) is 0 Å². The van der Waals surface area contributed by atoms with Gasteiger partial charge in [-0.3, -0.25) is 9.59 Å². The Kier molecular flexibility index (Phi) is 4.27. The minimum absolute atomic E-state index is 0.181. The predicted molar refractivity (Wildman–Crippen MR) is 83.1 cm³/mol. The zero-order valence-electron chi connectivity index (χ0n) is 13.3. The van der Waals surface area contributed by atoms with E-state index >= 15 is 0 Å². The maximum absolute atomic E-state index is 12.7. The molecule has 23 heavy (non-hydrogen) atoms. The molecule has 0 aromatic carbocycles. The highest BCUT2D eigenvalue weighted by atomic mass is 16.5. The van der Waals surface area contributed by atoms with Crippen LogP contribution in [0.1, 0.15) is 60.5 Å². The Labute approximate surface area is 133 Å². The standard InChI is InChI=1S/C16H20N4O3/c1-3-10-9-14(21)18-15(17-10)12-6-5-7-20(12)16(22)13-8-11(4-2)19-23-13/h8-9,12H,3-7H2,1-2H3,(H,17,18,21)/t12-/m1/s1. The normalized spacial score (nSPS) is 17.7. The molecule has 1 amide bonds. The summed E-state index contributed by atoms with van der Waals surface area (Å²) >= 11 is 0. The largest absolute Gasteiger partial charge is 0.351 e. The van der Waals surface area contributed by atoms with E-state index in [-0.39, 0.29) is 23.3 Å². The van der Waals surface area contributed by atoms with E-state index in [1.54, 1.807) is 11.0 Å². The number of aromatic amines is 1. The van der Waals surface area contributed by atoms with Crippen molar-refractivity contribution < 1.29 is 9.32 Å². The first kappa shape index (κ1) is 15.5. The van der Waals surface area contributed by atoms with Gasteiger partial charge >= 0.3 is 0 Å².